The number of carbonyl (C=O) groups excluding carboxylic acids is 3. The molecule has 3 aliphatic rings. The predicted octanol–water partition coefficient (Wildman–Crippen LogP) is 15.1. The third-order valence-electron chi connectivity index (χ3n) is 19.6. The number of esters is 2. The van der Waals surface area contributed by atoms with Gasteiger partial charge in [0.1, 0.15) is 18.1 Å². The predicted molar refractivity (Wildman–Crippen MR) is 407 cm³/mol. The Kier molecular flexibility index (Phi) is 30.9. The van der Waals surface area contributed by atoms with Gasteiger partial charge in [-0.2, -0.15) is 0 Å². The van der Waals surface area contributed by atoms with Crippen molar-refractivity contribution in [3.05, 3.63) is 176 Å². The van der Waals surface area contributed by atoms with Crippen molar-refractivity contribution in [1.82, 2.24) is 17.7 Å². The molecule has 3 N–H and O–H groups in total. The number of nitro benzene ring substituents is 2. The number of sulfonamides is 2. The van der Waals surface area contributed by atoms with Crippen LogP contribution in [0.4, 0.5) is 11.4 Å². The van der Waals surface area contributed by atoms with Crippen LogP contribution in [0.25, 0.3) is 44.3 Å². The third kappa shape index (κ3) is 21.0. The normalized spacial score (nSPS) is 14.1. The van der Waals surface area contributed by atoms with Crippen molar-refractivity contribution in [1.29, 1.82) is 0 Å². The number of aliphatic carboxylic acids is 1. The first kappa shape index (κ1) is 82.3. The van der Waals surface area contributed by atoms with Crippen molar-refractivity contribution in [3.8, 4) is 34.0 Å². The lowest BCUT2D eigenvalue weighted by Gasteiger charge is -2.24. The summed E-state index contributed by atoms with van der Waals surface area (Å²) in [6, 6.07) is 37.5. The molecule has 6 aromatic carbocycles. The summed E-state index contributed by atoms with van der Waals surface area (Å²) in [7, 11) is 1.75. The number of ketones is 1. The quantitative estimate of drug-likeness (QED) is 0.0183. The van der Waals surface area contributed by atoms with Crippen LogP contribution < -0.4 is 15.2 Å². The molecule has 2 aliphatic carbocycles. The summed E-state index contributed by atoms with van der Waals surface area (Å²) in [5.41, 5.74) is 13.7. The number of hydrogen-bond acceptors (Lipinski definition) is 18. The Balaban J connectivity index is 0.000000213. The Labute approximate surface area is 620 Å². The van der Waals surface area contributed by atoms with Gasteiger partial charge in [0.15, 0.2) is 22.2 Å². The van der Waals surface area contributed by atoms with Gasteiger partial charge in [0.25, 0.3) is 11.4 Å². The zero-order valence-corrected chi connectivity index (χ0v) is 63.0. The fourth-order valence-electron chi connectivity index (χ4n) is 14.0. The van der Waals surface area contributed by atoms with Gasteiger partial charge in [-0.25, -0.2) is 39.8 Å². The van der Waals surface area contributed by atoms with Crippen molar-refractivity contribution in [2.24, 2.45) is 19.8 Å². The van der Waals surface area contributed by atoms with Crippen molar-refractivity contribution in [2.45, 2.75) is 150 Å². The van der Waals surface area contributed by atoms with E-state index >= 15 is 0 Å². The van der Waals surface area contributed by atoms with Crippen molar-refractivity contribution in [2.75, 3.05) is 74.4 Å². The second-order valence-electron chi connectivity index (χ2n) is 26.7. The number of carboxylic acids is 1. The van der Waals surface area contributed by atoms with E-state index in [1.165, 1.54) is 139 Å². The van der Waals surface area contributed by atoms with Gasteiger partial charge >= 0.3 is 17.9 Å². The number of unbranched alkanes of at least 4 members (excludes halogenated alkanes) is 5. The van der Waals surface area contributed by atoms with E-state index in [-0.39, 0.29) is 40.7 Å². The number of aryl methyl sites for hydroxylation is 2. The molecule has 0 unspecified atom stereocenters. The van der Waals surface area contributed by atoms with Crippen LogP contribution in [0.2, 0.25) is 0 Å². The average molecular weight is 1500 g/mol. The molecule has 0 amide bonds. The monoisotopic (exact) mass is 1500 g/mol. The highest BCUT2D eigenvalue weighted by molar-refractivity contribution is 7.89. The molecule has 0 bridgehead atoms. The SMILES string of the molecule is C1CCOC1.CN(CCCCCN)S(=O)(=O)c1ccccc1[N+](=O)[O-].COC(=O)c1ccc2c(C3CCCCC3)c(-c3ccccc3OCC(=O)CCCCCCN(C)S(=O)(=O)c3ccccc3[N+](=O)[O-])n(C)c2c1.COC(=O)c1ccc2c(C3CCCCC3)c(-c3ccccc3OCC(=O)O)n(C)c2c1. The van der Waals surface area contributed by atoms with Gasteiger partial charge in [0.05, 0.1) is 46.6 Å². The Bertz CT molecular complexity index is 4570. The van der Waals surface area contributed by atoms with E-state index in [4.69, 9.17) is 34.5 Å². The molecule has 11 rings (SSSR count). The second kappa shape index (κ2) is 39.8. The lowest BCUT2D eigenvalue weighted by molar-refractivity contribution is -0.388. The largest absolute Gasteiger partial charge is 0.485 e. The van der Waals surface area contributed by atoms with E-state index in [1.54, 1.807) is 6.07 Å². The summed E-state index contributed by atoms with van der Waals surface area (Å²) in [5, 5.41) is 33.5. The number of nitrogens with two attached hydrogens (primary N) is 1. The zero-order valence-electron chi connectivity index (χ0n) is 61.4. The fraction of sp³-hybridized carbons (Fsp3) is 0.443. The van der Waals surface area contributed by atoms with Crippen molar-refractivity contribution >= 4 is 76.9 Å². The molecule has 1 aliphatic heterocycles. The second-order valence-corrected chi connectivity index (χ2v) is 30.7. The number of fused-ring (bicyclic) bond motifs is 2. The third-order valence-corrected chi connectivity index (χ3v) is 23.4. The molecule has 0 atom stereocenters. The Morgan fingerprint density at radius 2 is 0.934 bits per heavy atom. The van der Waals surface area contributed by atoms with Crippen molar-refractivity contribution in [3.63, 3.8) is 0 Å². The van der Waals surface area contributed by atoms with Crippen LogP contribution >= 0.6 is 0 Å². The molecule has 0 radical (unpaired) electrons. The highest BCUT2D eigenvalue weighted by atomic mass is 32.2. The highest BCUT2D eigenvalue weighted by Crippen LogP contribution is 2.48. The molecule has 3 fully saturated rings. The first-order valence-corrected chi connectivity index (χ1v) is 39.1. The van der Waals surface area contributed by atoms with Crippen LogP contribution in [0.15, 0.2) is 143 Å². The maximum Gasteiger partial charge on any atom is 0.341 e. The Hall–Kier alpha value is -9.38. The molecule has 2 aromatic heterocycles. The number of rotatable bonds is 30. The van der Waals surface area contributed by atoms with Gasteiger partial charge < -0.3 is 43.7 Å². The summed E-state index contributed by atoms with van der Waals surface area (Å²) in [4.78, 5) is 68.8. The Morgan fingerprint density at radius 1 is 0.538 bits per heavy atom. The number of para-hydroxylation sites is 4. The molecule has 1 saturated heterocycles. The standard InChI is InChI=1S/C38H45N3O8S.C25H27NO5.C12H19N3O4S.C4H8O/c1-39(50(46,47)35-21-13-11-19-32(35)41(44)45)24-14-5-4-9-17-29(42)26-49-34-20-12-10-18-31(34)37-36(27-15-7-6-8-16-27)30-23-22-28(38(43)48-3)25-33(30)40(37)2;1-26-20-14-17(25(29)30-2)12-13-18(20)23(16-8-4-3-5-9-16)24(26)19-10-6-7-11-21(19)31-15-22(27)28;1-14(10-6-2-5-9-13)20(18,19)12-8-4-3-7-11(12)15(16)17;1-2-4-5-3-1/h10-13,18-23,25,27H,4-9,14-17,24,26H2,1-3H3;6-7,10-14,16H,3-5,8-9,15H2,1-2H3,(H,27,28);3-4,7-8H,2,5-6,9-10,13H2,1H3;1-4H2. The van der Waals surface area contributed by atoms with Gasteiger partial charge in [-0.05, 0) is 154 Å². The smallest absolute Gasteiger partial charge is 0.341 e. The number of benzene rings is 6. The van der Waals surface area contributed by atoms with Crippen LogP contribution in [0, 0.1) is 20.2 Å². The lowest BCUT2D eigenvalue weighted by atomic mass is 9.81. The lowest BCUT2D eigenvalue weighted by Crippen LogP contribution is -2.28. The number of methoxy groups -OCH3 is 2. The average Bonchev–Trinajstić information content (AvgIpc) is 1.59. The Morgan fingerprint density at radius 3 is 1.33 bits per heavy atom. The molecule has 2 saturated carbocycles. The van der Waals surface area contributed by atoms with Gasteiger partial charge in [0, 0.05) is 106 Å². The summed E-state index contributed by atoms with van der Waals surface area (Å²) in [5.74, 6) is 0.162. The first-order chi connectivity index (χ1) is 51.0. The number of nitrogens with zero attached hydrogens (tertiary/aromatic N) is 6. The van der Waals surface area contributed by atoms with Gasteiger partial charge in [-0.3, -0.25) is 25.0 Å². The van der Waals surface area contributed by atoms with E-state index < -0.39 is 53.8 Å². The van der Waals surface area contributed by atoms with Gasteiger partial charge in [-0.1, -0.05) is 118 Å². The van der Waals surface area contributed by atoms with E-state index in [1.807, 2.05) is 93.0 Å². The number of nitro groups is 2. The number of ether oxygens (including phenoxy) is 5. The maximum atomic E-state index is 12.9. The number of hydrogen-bond donors (Lipinski definition) is 2. The minimum Gasteiger partial charge on any atom is -0.485 e. The molecule has 25 nitrogen and oxygen atoms in total. The van der Waals surface area contributed by atoms with E-state index in [9.17, 15) is 56.2 Å². The van der Waals surface area contributed by atoms with E-state index in [0.717, 1.165) is 111 Å². The summed E-state index contributed by atoms with van der Waals surface area (Å²) in [6.07, 6.45) is 19.5. The molecule has 27 heteroatoms. The minimum atomic E-state index is -4.00. The number of carboxylic acid groups (broad SMARTS) is 1. The summed E-state index contributed by atoms with van der Waals surface area (Å²) < 4.78 is 83.7. The van der Waals surface area contributed by atoms with Crippen LogP contribution in [-0.2, 0) is 57.9 Å². The van der Waals surface area contributed by atoms with Crippen LogP contribution in [0.3, 0.4) is 0 Å². The maximum absolute atomic E-state index is 12.9. The van der Waals surface area contributed by atoms with Crippen molar-refractivity contribution < 1.29 is 74.7 Å². The minimum absolute atomic E-state index is 0.0249. The molecular weight excluding hydrogens is 1400 g/mol. The molecule has 8 aromatic rings. The molecule has 3 heterocycles. The van der Waals surface area contributed by atoms with E-state index in [0.29, 0.717) is 79.7 Å². The molecule has 570 valence electrons. The van der Waals surface area contributed by atoms with Gasteiger partial charge in [0.2, 0.25) is 20.0 Å². The topological polar surface area (TPSA) is 332 Å². The van der Waals surface area contributed by atoms with Crippen LogP contribution in [0.1, 0.15) is 172 Å². The highest BCUT2D eigenvalue weighted by Gasteiger charge is 2.33. The number of carbonyl (C=O) groups is 4. The van der Waals surface area contributed by atoms with Crippen LogP contribution in [-0.4, -0.2) is 148 Å². The van der Waals surface area contributed by atoms with Gasteiger partial charge in [-0.15, -0.1) is 0 Å². The number of Topliss-reactive ketones (excluding diaryl/α,β-unsaturated/α-hetero) is 1. The number of aromatic nitrogens is 2. The summed E-state index contributed by atoms with van der Waals surface area (Å²) in [6.45, 7) is 2.63. The molecule has 0 spiro atoms. The molecule has 106 heavy (non-hydrogen) atoms. The summed E-state index contributed by atoms with van der Waals surface area (Å²) >= 11 is 0. The zero-order chi connectivity index (χ0) is 76.5. The first-order valence-electron chi connectivity index (χ1n) is 36.2. The van der Waals surface area contributed by atoms with E-state index in [2.05, 4.69) is 9.13 Å². The fourth-order valence-corrected chi connectivity index (χ4v) is 16.8. The molecular formula is C79H99N7O18S2. The van der Waals surface area contributed by atoms with Crippen LogP contribution in [0.5, 0.6) is 11.5 Å².